The van der Waals surface area contributed by atoms with Gasteiger partial charge in [0.05, 0.1) is 21.5 Å². The summed E-state index contributed by atoms with van der Waals surface area (Å²) >= 11 is 5.90. The predicted octanol–water partition coefficient (Wildman–Crippen LogP) is 1.66. The first-order chi connectivity index (χ1) is 11.2. The van der Waals surface area contributed by atoms with E-state index in [0.29, 0.717) is 13.0 Å². The summed E-state index contributed by atoms with van der Waals surface area (Å²) in [5, 5.41) is 10.7. The number of hydrogen-bond donors (Lipinski definition) is 0. The summed E-state index contributed by atoms with van der Waals surface area (Å²) in [4.78, 5) is 23.8. The molecule has 1 aromatic rings. The smallest absolute Gasteiger partial charge is 0.271 e. The molecule has 1 amide bonds. The second-order valence-corrected chi connectivity index (χ2v) is 8.03. The van der Waals surface area contributed by atoms with Gasteiger partial charge < -0.3 is 9.64 Å². The fraction of sp³-hybridized carbons (Fsp3) is 0.500. The number of amides is 1. The summed E-state index contributed by atoms with van der Waals surface area (Å²) < 4.78 is 28.4. The minimum absolute atomic E-state index is 0.0310. The molecule has 1 heterocycles. The Hall–Kier alpha value is -1.87. The summed E-state index contributed by atoms with van der Waals surface area (Å²) in [6, 6.07) is 3.35. The molecule has 1 saturated heterocycles. The lowest BCUT2D eigenvalue weighted by atomic mass is 10.2. The fourth-order valence-corrected chi connectivity index (χ4v) is 4.56. The zero-order valence-corrected chi connectivity index (χ0v) is 14.5. The normalized spacial score (nSPS) is 19.0. The maximum absolute atomic E-state index is 12.3. The average Bonchev–Trinajstić information content (AvgIpc) is 2.86. The molecule has 24 heavy (non-hydrogen) atoms. The molecule has 0 aromatic heterocycles. The van der Waals surface area contributed by atoms with E-state index < -0.39 is 14.8 Å². The van der Waals surface area contributed by atoms with E-state index in [9.17, 15) is 23.3 Å². The molecule has 1 aliphatic rings. The molecular formula is C14H17ClN2O6S. The van der Waals surface area contributed by atoms with Crippen LogP contribution in [0.15, 0.2) is 18.2 Å². The number of nitrogens with zero attached hydrogens (tertiary/aromatic N) is 2. The van der Waals surface area contributed by atoms with Crippen LogP contribution in [0.3, 0.4) is 0 Å². The Balaban J connectivity index is 2.00. The molecule has 1 atom stereocenters. The van der Waals surface area contributed by atoms with Crippen molar-refractivity contribution in [1.82, 2.24) is 4.90 Å². The van der Waals surface area contributed by atoms with Gasteiger partial charge in [0.15, 0.2) is 16.4 Å². The van der Waals surface area contributed by atoms with Gasteiger partial charge in [-0.15, -0.1) is 0 Å². The Kier molecular flexibility index (Phi) is 5.66. The Morgan fingerprint density at radius 1 is 1.50 bits per heavy atom. The van der Waals surface area contributed by atoms with Gasteiger partial charge in [-0.25, -0.2) is 8.42 Å². The maximum Gasteiger partial charge on any atom is 0.271 e. The van der Waals surface area contributed by atoms with Crippen LogP contribution in [0.1, 0.15) is 13.3 Å². The lowest BCUT2D eigenvalue weighted by Gasteiger charge is -2.26. The van der Waals surface area contributed by atoms with Gasteiger partial charge in [-0.3, -0.25) is 14.9 Å². The summed E-state index contributed by atoms with van der Waals surface area (Å²) in [5.41, 5.74) is -0.176. The molecule has 10 heteroatoms. The van der Waals surface area contributed by atoms with E-state index in [4.69, 9.17) is 16.3 Å². The quantitative estimate of drug-likeness (QED) is 0.552. The molecule has 0 bridgehead atoms. The molecule has 1 unspecified atom stereocenters. The zero-order chi connectivity index (χ0) is 17.9. The van der Waals surface area contributed by atoms with E-state index >= 15 is 0 Å². The average molecular weight is 377 g/mol. The first kappa shape index (κ1) is 18.5. The maximum atomic E-state index is 12.3. The number of rotatable bonds is 6. The number of nitro benzene ring substituents is 1. The standard InChI is InChI=1S/C14H17ClN2O6S/c1-2-16(11-5-6-24(21,22)9-11)14(18)8-23-13-4-3-10(17(19)20)7-12(13)15/h3-4,7,11H,2,5-6,8-9H2,1H3. The van der Waals surface area contributed by atoms with E-state index in [0.717, 1.165) is 6.07 Å². The summed E-state index contributed by atoms with van der Waals surface area (Å²) in [6.07, 6.45) is 0.417. The molecule has 0 N–H and O–H groups in total. The van der Waals surface area contributed by atoms with Crippen LogP contribution >= 0.6 is 11.6 Å². The number of halogens is 1. The number of carbonyl (C=O) groups is 1. The first-order valence-electron chi connectivity index (χ1n) is 7.30. The van der Waals surface area contributed by atoms with E-state index in [1.807, 2.05) is 0 Å². The third-order valence-corrected chi connectivity index (χ3v) is 5.83. The molecule has 1 fully saturated rings. The Morgan fingerprint density at radius 2 is 2.21 bits per heavy atom. The molecule has 0 radical (unpaired) electrons. The highest BCUT2D eigenvalue weighted by Gasteiger charge is 2.34. The second kappa shape index (κ2) is 7.35. The van der Waals surface area contributed by atoms with Crippen LogP contribution in [-0.4, -0.2) is 54.8 Å². The summed E-state index contributed by atoms with van der Waals surface area (Å²) in [6.45, 7) is 1.82. The molecule has 1 aromatic carbocycles. The monoisotopic (exact) mass is 376 g/mol. The van der Waals surface area contributed by atoms with Gasteiger partial charge in [-0.05, 0) is 19.4 Å². The van der Waals surface area contributed by atoms with Crippen LogP contribution < -0.4 is 4.74 Å². The van der Waals surface area contributed by atoms with Crippen molar-refractivity contribution in [3.05, 3.63) is 33.3 Å². The van der Waals surface area contributed by atoms with Crippen molar-refractivity contribution in [2.75, 3.05) is 24.7 Å². The van der Waals surface area contributed by atoms with E-state index in [1.165, 1.54) is 17.0 Å². The van der Waals surface area contributed by atoms with Gasteiger partial charge in [0, 0.05) is 24.7 Å². The van der Waals surface area contributed by atoms with Crippen molar-refractivity contribution in [2.24, 2.45) is 0 Å². The number of carbonyl (C=O) groups excluding carboxylic acids is 1. The molecule has 0 spiro atoms. The number of hydrogen-bond acceptors (Lipinski definition) is 6. The predicted molar refractivity (Wildman–Crippen MR) is 88.0 cm³/mol. The van der Waals surface area contributed by atoms with Crippen LogP contribution in [0.2, 0.25) is 5.02 Å². The molecular weight excluding hydrogens is 360 g/mol. The van der Waals surface area contributed by atoms with Gasteiger partial charge >= 0.3 is 0 Å². The minimum atomic E-state index is -3.09. The third kappa shape index (κ3) is 4.35. The molecule has 0 aliphatic carbocycles. The number of benzene rings is 1. The van der Waals surface area contributed by atoms with Crippen molar-refractivity contribution < 1.29 is 22.9 Å². The van der Waals surface area contributed by atoms with E-state index in [1.54, 1.807) is 6.92 Å². The molecule has 8 nitrogen and oxygen atoms in total. The number of non-ortho nitro benzene ring substituents is 1. The fourth-order valence-electron chi connectivity index (χ4n) is 2.60. The number of sulfone groups is 1. The second-order valence-electron chi connectivity index (χ2n) is 5.40. The van der Waals surface area contributed by atoms with Gasteiger partial charge in [0.25, 0.3) is 11.6 Å². The highest BCUT2D eigenvalue weighted by atomic mass is 35.5. The minimum Gasteiger partial charge on any atom is -0.482 e. The highest BCUT2D eigenvalue weighted by molar-refractivity contribution is 7.91. The van der Waals surface area contributed by atoms with Crippen LogP contribution in [0.5, 0.6) is 5.75 Å². The van der Waals surface area contributed by atoms with Gasteiger partial charge in [-0.2, -0.15) is 0 Å². The Labute approximate surface area is 144 Å². The van der Waals surface area contributed by atoms with Crippen molar-refractivity contribution in [3.63, 3.8) is 0 Å². The molecule has 1 aliphatic heterocycles. The first-order valence-corrected chi connectivity index (χ1v) is 9.50. The molecule has 0 saturated carbocycles. The summed E-state index contributed by atoms with van der Waals surface area (Å²) in [5.74, 6) is -0.152. The van der Waals surface area contributed by atoms with Crippen LogP contribution in [0.4, 0.5) is 5.69 Å². The Bertz CT molecular complexity index is 752. The number of nitro groups is 1. The molecule has 132 valence electrons. The van der Waals surface area contributed by atoms with Crippen LogP contribution in [0, 0.1) is 10.1 Å². The Morgan fingerprint density at radius 3 is 2.71 bits per heavy atom. The number of ether oxygens (including phenoxy) is 1. The summed E-state index contributed by atoms with van der Waals surface area (Å²) in [7, 11) is -3.09. The van der Waals surface area contributed by atoms with E-state index in [2.05, 4.69) is 0 Å². The van der Waals surface area contributed by atoms with Crippen molar-refractivity contribution in [3.8, 4) is 5.75 Å². The topological polar surface area (TPSA) is 107 Å². The van der Waals surface area contributed by atoms with Gasteiger partial charge in [0.1, 0.15) is 5.75 Å². The van der Waals surface area contributed by atoms with Crippen molar-refractivity contribution >= 4 is 33.0 Å². The lowest BCUT2D eigenvalue weighted by Crippen LogP contribution is -2.43. The molecule has 2 rings (SSSR count). The lowest BCUT2D eigenvalue weighted by molar-refractivity contribution is -0.384. The largest absolute Gasteiger partial charge is 0.482 e. The zero-order valence-electron chi connectivity index (χ0n) is 13.0. The van der Waals surface area contributed by atoms with Gasteiger partial charge in [0.2, 0.25) is 0 Å². The highest BCUT2D eigenvalue weighted by Crippen LogP contribution is 2.28. The SMILES string of the molecule is CCN(C(=O)COc1ccc([N+](=O)[O-])cc1Cl)C1CCS(=O)(=O)C1. The number of likely N-dealkylation sites (N-methyl/N-ethyl adjacent to an activating group) is 1. The van der Waals surface area contributed by atoms with Gasteiger partial charge in [-0.1, -0.05) is 11.6 Å². The van der Waals surface area contributed by atoms with Crippen LogP contribution in [0.25, 0.3) is 0 Å². The van der Waals surface area contributed by atoms with Crippen LogP contribution in [-0.2, 0) is 14.6 Å². The van der Waals surface area contributed by atoms with E-state index in [-0.39, 0.29) is 46.5 Å². The third-order valence-electron chi connectivity index (χ3n) is 3.79. The van der Waals surface area contributed by atoms with Crippen molar-refractivity contribution in [1.29, 1.82) is 0 Å². The van der Waals surface area contributed by atoms with Crippen molar-refractivity contribution in [2.45, 2.75) is 19.4 Å².